The monoisotopic (exact) mass is 234 g/mol. The lowest BCUT2D eigenvalue weighted by Gasteiger charge is -2.26. The van der Waals surface area contributed by atoms with Crippen molar-refractivity contribution in [1.82, 2.24) is 0 Å². The third kappa shape index (κ3) is 4.04. The summed E-state index contributed by atoms with van der Waals surface area (Å²) < 4.78 is 0. The van der Waals surface area contributed by atoms with Crippen molar-refractivity contribution in [1.29, 1.82) is 0 Å². The van der Waals surface area contributed by atoms with Crippen molar-refractivity contribution in [3.05, 3.63) is 29.8 Å². The number of anilines is 1. The Hall–Kier alpha value is -1.02. The van der Waals surface area contributed by atoms with Gasteiger partial charge in [-0.2, -0.15) is 0 Å². The van der Waals surface area contributed by atoms with Crippen LogP contribution in [-0.2, 0) is 0 Å². The highest BCUT2D eigenvalue weighted by Crippen LogP contribution is 2.19. The summed E-state index contributed by atoms with van der Waals surface area (Å²) in [5, 5.41) is 0. The molecule has 0 radical (unpaired) electrons. The number of benzene rings is 1. The maximum atomic E-state index is 5.86. The minimum absolute atomic E-state index is 0.119. The lowest BCUT2D eigenvalue weighted by atomic mass is 10.1. The standard InChI is InChI=1S/C15H26N2/c1-5-12(3)11-17(6-2)15-9-7-14(8-10-15)13(4)16/h7-10,12-13H,5-6,11,16H2,1-4H3. The molecule has 1 rings (SSSR count). The Morgan fingerprint density at radius 1 is 1.12 bits per heavy atom. The van der Waals surface area contributed by atoms with E-state index in [9.17, 15) is 0 Å². The first-order valence-electron chi connectivity index (χ1n) is 6.68. The normalized spacial score (nSPS) is 14.4. The second-order valence-electron chi connectivity index (χ2n) is 4.93. The molecule has 0 spiro atoms. The predicted molar refractivity (Wildman–Crippen MR) is 76.4 cm³/mol. The Balaban J connectivity index is 2.75. The zero-order valence-corrected chi connectivity index (χ0v) is 11.6. The van der Waals surface area contributed by atoms with Gasteiger partial charge in [-0.05, 0) is 37.5 Å². The lowest BCUT2D eigenvalue weighted by molar-refractivity contribution is 0.548. The molecule has 0 aromatic heterocycles. The SMILES string of the molecule is CCC(C)CN(CC)c1ccc(C(C)N)cc1. The van der Waals surface area contributed by atoms with Gasteiger partial charge >= 0.3 is 0 Å². The summed E-state index contributed by atoms with van der Waals surface area (Å²) in [7, 11) is 0. The molecule has 1 aromatic carbocycles. The van der Waals surface area contributed by atoms with E-state index in [-0.39, 0.29) is 6.04 Å². The van der Waals surface area contributed by atoms with Gasteiger partial charge in [-0.25, -0.2) is 0 Å². The van der Waals surface area contributed by atoms with Crippen molar-refractivity contribution >= 4 is 5.69 Å². The molecule has 2 heteroatoms. The molecule has 1 aromatic rings. The minimum Gasteiger partial charge on any atom is -0.372 e. The van der Waals surface area contributed by atoms with Crippen LogP contribution in [0.1, 0.15) is 45.7 Å². The van der Waals surface area contributed by atoms with Gasteiger partial charge in [0.05, 0.1) is 0 Å². The van der Waals surface area contributed by atoms with E-state index in [2.05, 4.69) is 49.9 Å². The van der Waals surface area contributed by atoms with Crippen LogP contribution in [0.5, 0.6) is 0 Å². The van der Waals surface area contributed by atoms with Crippen LogP contribution in [0.2, 0.25) is 0 Å². The Labute approximate surface area is 106 Å². The molecular formula is C15H26N2. The second kappa shape index (κ2) is 6.65. The number of hydrogen-bond acceptors (Lipinski definition) is 2. The van der Waals surface area contributed by atoms with Crippen molar-refractivity contribution in [2.75, 3.05) is 18.0 Å². The van der Waals surface area contributed by atoms with E-state index in [4.69, 9.17) is 5.73 Å². The molecule has 0 heterocycles. The quantitative estimate of drug-likeness (QED) is 0.815. The van der Waals surface area contributed by atoms with Crippen LogP contribution >= 0.6 is 0 Å². The van der Waals surface area contributed by atoms with Gasteiger partial charge in [0.1, 0.15) is 0 Å². The first-order chi connectivity index (χ1) is 8.08. The molecule has 0 amide bonds. The van der Waals surface area contributed by atoms with Crippen LogP contribution in [0.25, 0.3) is 0 Å². The molecule has 17 heavy (non-hydrogen) atoms. The highest BCUT2D eigenvalue weighted by atomic mass is 15.1. The predicted octanol–water partition coefficient (Wildman–Crippen LogP) is 3.58. The molecule has 2 N–H and O–H groups in total. The van der Waals surface area contributed by atoms with Crippen molar-refractivity contribution in [3.8, 4) is 0 Å². The van der Waals surface area contributed by atoms with E-state index in [1.165, 1.54) is 17.7 Å². The molecule has 0 saturated carbocycles. The van der Waals surface area contributed by atoms with Crippen LogP contribution in [-0.4, -0.2) is 13.1 Å². The third-order valence-electron chi connectivity index (χ3n) is 3.39. The Morgan fingerprint density at radius 2 is 1.71 bits per heavy atom. The Bertz CT molecular complexity index is 316. The maximum absolute atomic E-state index is 5.86. The van der Waals surface area contributed by atoms with Gasteiger partial charge < -0.3 is 10.6 Å². The summed E-state index contributed by atoms with van der Waals surface area (Å²) in [5.41, 5.74) is 8.37. The van der Waals surface area contributed by atoms with E-state index in [1.54, 1.807) is 0 Å². The van der Waals surface area contributed by atoms with E-state index in [0.717, 1.165) is 19.0 Å². The highest BCUT2D eigenvalue weighted by Gasteiger charge is 2.08. The van der Waals surface area contributed by atoms with Crippen molar-refractivity contribution in [3.63, 3.8) is 0 Å². The fourth-order valence-electron chi connectivity index (χ4n) is 1.91. The van der Waals surface area contributed by atoms with Gasteiger partial charge in [0.25, 0.3) is 0 Å². The average Bonchev–Trinajstić information content (AvgIpc) is 2.35. The van der Waals surface area contributed by atoms with Crippen LogP contribution in [0.15, 0.2) is 24.3 Å². The zero-order chi connectivity index (χ0) is 12.8. The fourth-order valence-corrected chi connectivity index (χ4v) is 1.91. The molecule has 0 aliphatic carbocycles. The summed E-state index contributed by atoms with van der Waals surface area (Å²) >= 11 is 0. The molecule has 96 valence electrons. The largest absolute Gasteiger partial charge is 0.372 e. The topological polar surface area (TPSA) is 29.3 Å². The van der Waals surface area contributed by atoms with Crippen molar-refractivity contribution in [2.45, 2.75) is 40.2 Å². The molecule has 2 atom stereocenters. The molecule has 0 bridgehead atoms. The molecule has 0 saturated heterocycles. The van der Waals surface area contributed by atoms with Crippen LogP contribution in [0.4, 0.5) is 5.69 Å². The number of hydrogen-bond donors (Lipinski definition) is 1. The molecule has 2 nitrogen and oxygen atoms in total. The summed E-state index contributed by atoms with van der Waals surface area (Å²) in [6.07, 6.45) is 1.23. The number of rotatable bonds is 6. The molecular weight excluding hydrogens is 208 g/mol. The zero-order valence-electron chi connectivity index (χ0n) is 11.6. The third-order valence-corrected chi connectivity index (χ3v) is 3.39. The van der Waals surface area contributed by atoms with E-state index in [0.29, 0.717) is 0 Å². The molecule has 0 fully saturated rings. The first-order valence-corrected chi connectivity index (χ1v) is 6.68. The average molecular weight is 234 g/mol. The van der Waals surface area contributed by atoms with Crippen LogP contribution < -0.4 is 10.6 Å². The number of nitrogens with zero attached hydrogens (tertiary/aromatic N) is 1. The highest BCUT2D eigenvalue weighted by molar-refractivity contribution is 5.47. The second-order valence-corrected chi connectivity index (χ2v) is 4.93. The van der Waals surface area contributed by atoms with E-state index >= 15 is 0 Å². The molecule has 2 unspecified atom stereocenters. The van der Waals surface area contributed by atoms with Gasteiger partial charge in [0.15, 0.2) is 0 Å². The first kappa shape index (κ1) is 14.0. The summed E-state index contributed by atoms with van der Waals surface area (Å²) in [6, 6.07) is 8.77. The molecule has 0 aliphatic heterocycles. The summed E-state index contributed by atoms with van der Waals surface area (Å²) in [5.74, 6) is 0.739. The lowest BCUT2D eigenvalue weighted by Crippen LogP contribution is -2.28. The Morgan fingerprint density at radius 3 is 2.12 bits per heavy atom. The summed E-state index contributed by atoms with van der Waals surface area (Å²) in [6.45, 7) is 11.0. The van der Waals surface area contributed by atoms with Gasteiger partial charge in [0.2, 0.25) is 0 Å². The fraction of sp³-hybridized carbons (Fsp3) is 0.600. The Kier molecular flexibility index (Phi) is 5.49. The maximum Gasteiger partial charge on any atom is 0.0366 e. The summed E-state index contributed by atoms with van der Waals surface area (Å²) in [4.78, 5) is 2.43. The molecule has 0 aliphatic rings. The van der Waals surface area contributed by atoms with Crippen LogP contribution in [0.3, 0.4) is 0 Å². The van der Waals surface area contributed by atoms with E-state index in [1.807, 2.05) is 6.92 Å². The van der Waals surface area contributed by atoms with Gasteiger partial charge in [-0.15, -0.1) is 0 Å². The minimum atomic E-state index is 0.119. The van der Waals surface area contributed by atoms with E-state index < -0.39 is 0 Å². The van der Waals surface area contributed by atoms with Crippen molar-refractivity contribution in [2.24, 2.45) is 11.7 Å². The number of nitrogens with two attached hydrogens (primary N) is 1. The van der Waals surface area contributed by atoms with Crippen molar-refractivity contribution < 1.29 is 0 Å². The van der Waals surface area contributed by atoms with Gasteiger partial charge in [-0.1, -0.05) is 32.4 Å². The van der Waals surface area contributed by atoms with Gasteiger partial charge in [-0.3, -0.25) is 0 Å². The smallest absolute Gasteiger partial charge is 0.0366 e. The van der Waals surface area contributed by atoms with Crippen LogP contribution in [0, 0.1) is 5.92 Å². The van der Waals surface area contributed by atoms with Gasteiger partial charge in [0, 0.05) is 24.8 Å².